The lowest BCUT2D eigenvalue weighted by Crippen LogP contribution is -2.43. The third kappa shape index (κ3) is 6.42. The molecule has 2 aliphatic heterocycles. The molecule has 0 radical (unpaired) electrons. The summed E-state index contributed by atoms with van der Waals surface area (Å²) in [5.74, 6) is -2.56. The lowest BCUT2D eigenvalue weighted by Gasteiger charge is -2.30. The average Bonchev–Trinajstić information content (AvgIpc) is 3.28. The Morgan fingerprint density at radius 2 is 1.88 bits per heavy atom. The maximum Gasteiger partial charge on any atom is 0.417 e. The lowest BCUT2D eigenvalue weighted by molar-refractivity contribution is -0.137. The molecule has 1 aliphatic carbocycles. The zero-order chi connectivity index (χ0) is 35.0. The molecule has 2 N–H and O–H groups in total. The van der Waals surface area contributed by atoms with Crippen molar-refractivity contribution in [2.24, 2.45) is 0 Å². The van der Waals surface area contributed by atoms with E-state index in [1.54, 1.807) is 20.8 Å². The molecule has 7 rings (SSSR count). The zero-order valence-corrected chi connectivity index (χ0v) is 27.3. The Morgan fingerprint density at radius 1 is 1.12 bits per heavy atom. The van der Waals surface area contributed by atoms with E-state index in [4.69, 9.17) is 9.47 Å². The van der Waals surface area contributed by atoms with E-state index in [2.05, 4.69) is 25.6 Å². The molecular weight excluding hydrogens is 681 g/mol. The highest BCUT2D eigenvalue weighted by Crippen LogP contribution is 2.47. The summed E-state index contributed by atoms with van der Waals surface area (Å²) in [4.78, 5) is 26.9. The minimum atomic E-state index is -5.14. The monoisotopic (exact) mass is 712 g/mol. The number of halogens is 7. The molecule has 0 spiro atoms. The van der Waals surface area contributed by atoms with Gasteiger partial charge < -0.3 is 14.8 Å². The fourth-order valence-corrected chi connectivity index (χ4v) is 7.51. The molecule has 4 heterocycles. The third-order valence-electron chi connectivity index (χ3n) is 8.85. The molecule has 2 aromatic heterocycles. The summed E-state index contributed by atoms with van der Waals surface area (Å²) in [6, 6.07) is 1.33. The van der Waals surface area contributed by atoms with Gasteiger partial charge in [0.2, 0.25) is 0 Å². The number of amides is 1. The van der Waals surface area contributed by atoms with Crippen molar-refractivity contribution < 1.29 is 45.0 Å². The summed E-state index contributed by atoms with van der Waals surface area (Å²) in [5.41, 5.74) is -5.26. The minimum absolute atomic E-state index is 0.0481. The molecule has 4 atom stereocenters. The highest BCUT2D eigenvalue weighted by Gasteiger charge is 2.49. The maximum absolute atomic E-state index is 16.8. The average molecular weight is 713 g/mol. The van der Waals surface area contributed by atoms with Gasteiger partial charge in [-0.1, -0.05) is 11.3 Å². The van der Waals surface area contributed by atoms with Crippen molar-refractivity contribution in [2.45, 2.75) is 82.2 Å². The smallest absolute Gasteiger partial charge is 0.417 e. The van der Waals surface area contributed by atoms with Crippen LogP contribution in [0.4, 0.5) is 46.5 Å². The number of fused-ring (bicyclic) bond motifs is 3. The van der Waals surface area contributed by atoms with Crippen LogP contribution in [0.15, 0.2) is 18.2 Å². The second-order valence-corrected chi connectivity index (χ2v) is 14.6. The summed E-state index contributed by atoms with van der Waals surface area (Å²) >= 11 is 0.631. The van der Waals surface area contributed by atoms with Crippen molar-refractivity contribution in [3.63, 3.8) is 0 Å². The minimum Gasteiger partial charge on any atom is -0.461 e. The van der Waals surface area contributed by atoms with Gasteiger partial charge in [-0.05, 0) is 58.4 Å². The summed E-state index contributed by atoms with van der Waals surface area (Å²) in [6.07, 6.45) is -6.67. The predicted molar refractivity (Wildman–Crippen MR) is 168 cm³/mol. The number of carbonyl (C=O) groups excluding carboxylic acids is 1. The van der Waals surface area contributed by atoms with Gasteiger partial charge in [-0.3, -0.25) is 10.2 Å². The molecule has 2 aromatic carbocycles. The van der Waals surface area contributed by atoms with E-state index in [1.807, 2.05) is 4.90 Å². The van der Waals surface area contributed by atoms with Gasteiger partial charge in [0.1, 0.15) is 41.7 Å². The Bertz CT molecular complexity index is 1970. The highest BCUT2D eigenvalue weighted by molar-refractivity contribution is 7.22. The first kappa shape index (κ1) is 33.5. The molecular formula is C32H31F7N6O3S. The molecule has 3 aliphatic rings. The van der Waals surface area contributed by atoms with Gasteiger partial charge >= 0.3 is 18.3 Å². The van der Waals surface area contributed by atoms with Crippen LogP contribution in [0, 0.1) is 11.6 Å². The molecule has 49 heavy (non-hydrogen) atoms. The normalized spacial score (nSPS) is 24.0. The number of aromatic nitrogens is 3. The predicted octanol–water partition coefficient (Wildman–Crippen LogP) is 8.03. The number of benzene rings is 2. The summed E-state index contributed by atoms with van der Waals surface area (Å²) in [5, 5.41) is 4.51. The van der Waals surface area contributed by atoms with Gasteiger partial charge in [0, 0.05) is 35.9 Å². The molecule has 262 valence electrons. The SMILES string of the molecule is CC(C)(C)OC(=O)Nc1nc2c(-c3c(C(F)(F)F)cc4c(N[C@H]5C[C@H]5F)nc(OC[C@@]56CCCN5C[C@H](F)C6)nc4c3F)ccc(F)c2s1. The van der Waals surface area contributed by atoms with Crippen LogP contribution in [0.25, 0.3) is 32.2 Å². The van der Waals surface area contributed by atoms with Crippen molar-refractivity contribution >= 4 is 49.5 Å². The Labute approximate surface area is 279 Å². The molecule has 1 saturated carbocycles. The van der Waals surface area contributed by atoms with Crippen molar-refractivity contribution in [1.82, 2.24) is 19.9 Å². The number of hydrogen-bond donors (Lipinski definition) is 2. The second-order valence-electron chi connectivity index (χ2n) is 13.6. The number of alkyl halides is 5. The van der Waals surface area contributed by atoms with Gasteiger partial charge in [0.25, 0.3) is 0 Å². The van der Waals surface area contributed by atoms with Gasteiger partial charge in [-0.15, -0.1) is 0 Å². The van der Waals surface area contributed by atoms with Crippen LogP contribution in [0.3, 0.4) is 0 Å². The van der Waals surface area contributed by atoms with Gasteiger partial charge in [-0.2, -0.15) is 23.1 Å². The fraction of sp³-hybridized carbons (Fsp3) is 0.500. The first-order valence-corrected chi connectivity index (χ1v) is 16.5. The Balaban J connectivity index is 1.36. The first-order valence-electron chi connectivity index (χ1n) is 15.6. The van der Waals surface area contributed by atoms with E-state index in [1.165, 1.54) is 0 Å². The van der Waals surface area contributed by atoms with Gasteiger partial charge in [-0.25, -0.2) is 27.3 Å². The molecule has 0 unspecified atom stereocenters. The second kappa shape index (κ2) is 11.8. The van der Waals surface area contributed by atoms with Crippen LogP contribution in [0.5, 0.6) is 6.01 Å². The molecule has 4 aromatic rings. The van der Waals surface area contributed by atoms with Crippen molar-refractivity contribution in [1.29, 1.82) is 0 Å². The molecule has 0 bridgehead atoms. The Kier molecular flexibility index (Phi) is 8.08. The van der Waals surface area contributed by atoms with Crippen molar-refractivity contribution in [2.75, 3.05) is 30.3 Å². The van der Waals surface area contributed by atoms with Crippen LogP contribution < -0.4 is 15.4 Å². The van der Waals surface area contributed by atoms with E-state index in [0.29, 0.717) is 30.4 Å². The summed E-state index contributed by atoms with van der Waals surface area (Å²) in [6.45, 7) is 5.70. The molecule has 3 fully saturated rings. The van der Waals surface area contributed by atoms with Crippen molar-refractivity contribution in [3.05, 3.63) is 35.4 Å². The number of thiazole rings is 1. The number of nitrogens with zero attached hydrogens (tertiary/aromatic N) is 4. The number of carbonyl (C=O) groups is 1. The van der Waals surface area contributed by atoms with E-state index in [-0.39, 0.29) is 58.6 Å². The van der Waals surface area contributed by atoms with Crippen LogP contribution in [-0.4, -0.2) is 75.2 Å². The summed E-state index contributed by atoms with van der Waals surface area (Å²) < 4.78 is 115. The van der Waals surface area contributed by atoms with E-state index in [0.717, 1.165) is 18.6 Å². The first-order chi connectivity index (χ1) is 23.0. The number of rotatable bonds is 7. The zero-order valence-electron chi connectivity index (χ0n) is 26.5. The van der Waals surface area contributed by atoms with Crippen LogP contribution in [0.1, 0.15) is 52.0 Å². The highest BCUT2D eigenvalue weighted by atomic mass is 32.1. The van der Waals surface area contributed by atoms with Crippen LogP contribution in [-0.2, 0) is 10.9 Å². The topological polar surface area (TPSA) is 102 Å². The fourth-order valence-electron chi connectivity index (χ4n) is 6.63. The van der Waals surface area contributed by atoms with Crippen molar-refractivity contribution in [3.8, 4) is 17.1 Å². The van der Waals surface area contributed by atoms with E-state index >= 15 is 4.39 Å². The third-order valence-corrected chi connectivity index (χ3v) is 9.83. The van der Waals surface area contributed by atoms with Gasteiger partial charge in [0.05, 0.1) is 27.4 Å². The maximum atomic E-state index is 16.8. The Hall–Kier alpha value is -3.99. The van der Waals surface area contributed by atoms with Gasteiger partial charge in [0.15, 0.2) is 10.9 Å². The van der Waals surface area contributed by atoms with E-state index in [9.17, 15) is 31.1 Å². The number of anilines is 2. The standard InChI is InChI=1S/C32H31F7N6O3S/c1-30(2,3)48-29(46)44-28-42-24-15(5-6-18(34)25(24)49-28)21-17(32(37,38)39)9-16-23(22(21)36)41-27(43-26(16)40-20-10-19(20)35)47-13-31-7-4-8-45(31)12-14(33)11-31/h5-6,9,14,19-20H,4,7-8,10-13H2,1-3H3,(H,40,41,43)(H,42,44,46)/t14-,19-,20+,31+/m1/s1. The number of nitrogens with one attached hydrogen (secondary N) is 2. The largest absolute Gasteiger partial charge is 0.461 e. The number of ether oxygens (including phenoxy) is 2. The molecule has 1 amide bonds. The van der Waals surface area contributed by atoms with Crippen LogP contribution >= 0.6 is 11.3 Å². The van der Waals surface area contributed by atoms with Crippen LogP contribution in [0.2, 0.25) is 0 Å². The molecule has 17 heteroatoms. The van der Waals surface area contributed by atoms with E-state index < -0.39 is 75.6 Å². The summed E-state index contributed by atoms with van der Waals surface area (Å²) in [7, 11) is 0. The Morgan fingerprint density at radius 3 is 2.57 bits per heavy atom. The quantitative estimate of drug-likeness (QED) is 0.186. The molecule has 9 nitrogen and oxygen atoms in total. The molecule has 2 saturated heterocycles. The number of hydrogen-bond acceptors (Lipinski definition) is 9. The lowest BCUT2D eigenvalue weighted by atomic mass is 9.95.